The van der Waals surface area contributed by atoms with Crippen molar-refractivity contribution >= 4 is 34.5 Å². The lowest BCUT2D eigenvalue weighted by molar-refractivity contribution is 0.0847. The number of halogens is 1. The second-order valence-corrected chi connectivity index (χ2v) is 4.41. The van der Waals surface area contributed by atoms with E-state index in [1.54, 1.807) is 12.4 Å². The Morgan fingerprint density at radius 2 is 2.50 bits per heavy atom. The molecule has 86 valence electrons. The number of pyridine rings is 1. The van der Waals surface area contributed by atoms with Crippen molar-refractivity contribution in [3.05, 3.63) is 23.5 Å². The summed E-state index contributed by atoms with van der Waals surface area (Å²) in [5, 5.41) is 0.631. The molecule has 1 aliphatic rings. The zero-order valence-electron chi connectivity index (χ0n) is 8.60. The van der Waals surface area contributed by atoms with Gasteiger partial charge in [-0.3, -0.25) is 4.98 Å². The molecule has 1 aliphatic heterocycles. The molecule has 0 radical (unpaired) electrons. The Kier molecular flexibility index (Phi) is 3.58. The number of nitrogens with two attached hydrogens (primary N) is 1. The highest BCUT2D eigenvalue weighted by atomic mass is 35.5. The molecule has 2 N–H and O–H groups in total. The largest absolute Gasteiger partial charge is 0.391 e. The lowest BCUT2D eigenvalue weighted by atomic mass is 10.2. The quantitative estimate of drug-likeness (QED) is 0.808. The lowest BCUT2D eigenvalue weighted by Gasteiger charge is -2.34. The first-order chi connectivity index (χ1) is 7.68. The highest BCUT2D eigenvalue weighted by molar-refractivity contribution is 7.80. The Labute approximate surface area is 104 Å². The van der Waals surface area contributed by atoms with E-state index in [2.05, 4.69) is 9.88 Å². The maximum Gasteiger partial charge on any atom is 0.125 e. The fraction of sp³-hybridized carbons (Fsp3) is 0.400. The molecule has 0 saturated carbocycles. The summed E-state index contributed by atoms with van der Waals surface area (Å²) in [6, 6.07) is 1.88. The molecule has 4 nitrogen and oxygen atoms in total. The SMILES string of the molecule is NC(=S)C1CN(c2ccncc2Cl)CCO1. The van der Waals surface area contributed by atoms with E-state index in [1.165, 1.54) is 0 Å². The maximum absolute atomic E-state index is 6.08. The minimum absolute atomic E-state index is 0.201. The first kappa shape index (κ1) is 11.6. The Morgan fingerprint density at radius 3 is 3.19 bits per heavy atom. The summed E-state index contributed by atoms with van der Waals surface area (Å²) in [7, 11) is 0. The van der Waals surface area contributed by atoms with Crippen LogP contribution >= 0.6 is 23.8 Å². The van der Waals surface area contributed by atoms with E-state index in [-0.39, 0.29) is 6.10 Å². The first-order valence-electron chi connectivity index (χ1n) is 4.94. The molecule has 0 aromatic carbocycles. The van der Waals surface area contributed by atoms with E-state index in [0.717, 1.165) is 12.2 Å². The normalized spacial score (nSPS) is 20.8. The Hall–Kier alpha value is -0.910. The number of nitrogens with zero attached hydrogens (tertiary/aromatic N) is 2. The van der Waals surface area contributed by atoms with Gasteiger partial charge < -0.3 is 15.4 Å². The van der Waals surface area contributed by atoms with Gasteiger partial charge in [0.25, 0.3) is 0 Å². The van der Waals surface area contributed by atoms with E-state index in [9.17, 15) is 0 Å². The molecule has 1 saturated heterocycles. The van der Waals surface area contributed by atoms with E-state index in [4.69, 9.17) is 34.3 Å². The number of hydrogen-bond donors (Lipinski definition) is 1. The maximum atomic E-state index is 6.08. The molecule has 1 aromatic rings. The molecular weight excluding hydrogens is 246 g/mol. The molecule has 1 aromatic heterocycles. The summed E-state index contributed by atoms with van der Waals surface area (Å²) >= 11 is 11.0. The van der Waals surface area contributed by atoms with Gasteiger partial charge in [0.2, 0.25) is 0 Å². The number of rotatable bonds is 2. The molecule has 0 bridgehead atoms. The van der Waals surface area contributed by atoms with Crippen molar-refractivity contribution in [3.8, 4) is 0 Å². The summed E-state index contributed by atoms with van der Waals surface area (Å²) in [4.78, 5) is 6.45. The zero-order valence-corrected chi connectivity index (χ0v) is 10.2. The average molecular weight is 258 g/mol. The highest BCUT2D eigenvalue weighted by Gasteiger charge is 2.23. The van der Waals surface area contributed by atoms with E-state index >= 15 is 0 Å². The molecule has 0 aliphatic carbocycles. The van der Waals surface area contributed by atoms with Crippen molar-refractivity contribution in [1.29, 1.82) is 0 Å². The average Bonchev–Trinajstić information content (AvgIpc) is 2.30. The van der Waals surface area contributed by atoms with Crippen LogP contribution in [0.2, 0.25) is 5.02 Å². The van der Waals surface area contributed by atoms with Crippen LogP contribution in [0.25, 0.3) is 0 Å². The number of thiocarbonyl (C=S) groups is 1. The lowest BCUT2D eigenvalue weighted by Crippen LogP contribution is -2.47. The summed E-state index contributed by atoms with van der Waals surface area (Å²) in [5.41, 5.74) is 6.53. The molecule has 2 rings (SSSR count). The van der Waals surface area contributed by atoms with Crippen molar-refractivity contribution in [3.63, 3.8) is 0 Å². The van der Waals surface area contributed by atoms with Gasteiger partial charge in [0.05, 0.1) is 23.9 Å². The molecule has 2 heterocycles. The third-order valence-electron chi connectivity index (χ3n) is 2.48. The molecule has 0 amide bonds. The summed E-state index contributed by atoms with van der Waals surface area (Å²) < 4.78 is 5.46. The Balaban J connectivity index is 2.16. The minimum Gasteiger partial charge on any atom is -0.391 e. The fourth-order valence-corrected chi connectivity index (χ4v) is 2.05. The standard InChI is InChI=1S/C10H12ClN3OS/c11-7-5-13-2-1-8(7)14-3-4-15-9(6-14)10(12)16/h1-2,5,9H,3-4,6H2,(H2,12,16). The van der Waals surface area contributed by atoms with Gasteiger partial charge in [0.1, 0.15) is 11.1 Å². The molecule has 16 heavy (non-hydrogen) atoms. The predicted molar refractivity (Wildman–Crippen MR) is 68.0 cm³/mol. The van der Waals surface area contributed by atoms with Crippen molar-refractivity contribution < 1.29 is 4.74 Å². The van der Waals surface area contributed by atoms with Crippen LogP contribution in [0, 0.1) is 0 Å². The predicted octanol–water partition coefficient (Wildman–Crippen LogP) is 1.23. The number of aromatic nitrogens is 1. The fourth-order valence-electron chi connectivity index (χ4n) is 1.66. The van der Waals surface area contributed by atoms with Gasteiger partial charge in [-0.2, -0.15) is 0 Å². The van der Waals surface area contributed by atoms with Gasteiger partial charge >= 0.3 is 0 Å². The number of anilines is 1. The van der Waals surface area contributed by atoms with Crippen LogP contribution in [-0.2, 0) is 4.74 Å². The Morgan fingerprint density at radius 1 is 1.69 bits per heavy atom. The summed E-state index contributed by atoms with van der Waals surface area (Å²) in [5.74, 6) is 0. The van der Waals surface area contributed by atoms with Gasteiger partial charge in [0.15, 0.2) is 0 Å². The summed E-state index contributed by atoms with van der Waals surface area (Å²) in [6.07, 6.45) is 3.14. The van der Waals surface area contributed by atoms with Gasteiger partial charge in [-0.1, -0.05) is 23.8 Å². The van der Waals surface area contributed by atoms with Gasteiger partial charge in [-0.05, 0) is 6.07 Å². The van der Waals surface area contributed by atoms with E-state index in [1.807, 2.05) is 6.07 Å². The van der Waals surface area contributed by atoms with Gasteiger partial charge in [0, 0.05) is 18.9 Å². The Bertz CT molecular complexity index is 401. The molecule has 1 unspecified atom stereocenters. The van der Waals surface area contributed by atoms with Crippen molar-refractivity contribution in [1.82, 2.24) is 4.98 Å². The number of morpholine rings is 1. The number of ether oxygens (including phenoxy) is 1. The molecule has 0 spiro atoms. The molecule has 6 heteroatoms. The van der Waals surface area contributed by atoms with Crippen LogP contribution in [0.5, 0.6) is 0 Å². The van der Waals surface area contributed by atoms with Crippen LogP contribution < -0.4 is 10.6 Å². The minimum atomic E-state index is -0.201. The third-order valence-corrected chi connectivity index (χ3v) is 3.03. The van der Waals surface area contributed by atoms with Crippen molar-refractivity contribution in [2.24, 2.45) is 5.73 Å². The third kappa shape index (κ3) is 2.42. The number of hydrogen-bond acceptors (Lipinski definition) is 4. The van der Waals surface area contributed by atoms with Crippen LogP contribution in [0.1, 0.15) is 0 Å². The van der Waals surface area contributed by atoms with Crippen molar-refractivity contribution in [2.45, 2.75) is 6.10 Å². The van der Waals surface area contributed by atoms with Crippen LogP contribution in [0.15, 0.2) is 18.5 Å². The van der Waals surface area contributed by atoms with Gasteiger partial charge in [-0.15, -0.1) is 0 Å². The van der Waals surface area contributed by atoms with E-state index < -0.39 is 0 Å². The second-order valence-electron chi connectivity index (χ2n) is 3.53. The monoisotopic (exact) mass is 257 g/mol. The van der Waals surface area contributed by atoms with Crippen LogP contribution in [0.4, 0.5) is 5.69 Å². The molecule has 1 fully saturated rings. The zero-order chi connectivity index (χ0) is 11.5. The van der Waals surface area contributed by atoms with Crippen molar-refractivity contribution in [2.75, 3.05) is 24.6 Å². The smallest absolute Gasteiger partial charge is 0.125 e. The van der Waals surface area contributed by atoms with E-state index in [0.29, 0.717) is 23.2 Å². The topological polar surface area (TPSA) is 51.4 Å². The van der Waals surface area contributed by atoms with Gasteiger partial charge in [-0.25, -0.2) is 0 Å². The van der Waals surface area contributed by atoms with Crippen LogP contribution in [-0.4, -0.2) is 35.8 Å². The molecule has 1 atom stereocenters. The highest BCUT2D eigenvalue weighted by Crippen LogP contribution is 2.25. The first-order valence-corrected chi connectivity index (χ1v) is 5.72. The second kappa shape index (κ2) is 4.95. The van der Waals surface area contributed by atoms with Crippen LogP contribution in [0.3, 0.4) is 0 Å². The molecular formula is C10H12ClN3OS. The summed E-state index contributed by atoms with van der Waals surface area (Å²) in [6.45, 7) is 2.02.